The number of aryl methyl sites for hydroxylation is 1. The number of aliphatic hydroxyl groups excluding tert-OH is 1. The monoisotopic (exact) mass is 250 g/mol. The molecule has 1 unspecified atom stereocenters. The zero-order chi connectivity index (χ0) is 13.1. The Morgan fingerprint density at radius 1 is 1.56 bits per heavy atom. The number of anilines is 1. The molecule has 0 saturated carbocycles. The van der Waals surface area contributed by atoms with Gasteiger partial charge in [-0.15, -0.1) is 0 Å². The van der Waals surface area contributed by atoms with Gasteiger partial charge in [0.1, 0.15) is 0 Å². The van der Waals surface area contributed by atoms with Gasteiger partial charge in [-0.05, 0) is 31.2 Å². The van der Waals surface area contributed by atoms with Crippen molar-refractivity contribution in [3.63, 3.8) is 0 Å². The maximum Gasteiger partial charge on any atom is 0.271 e. The Labute approximate surface area is 106 Å². The van der Waals surface area contributed by atoms with Gasteiger partial charge >= 0.3 is 0 Å². The molecule has 18 heavy (non-hydrogen) atoms. The van der Waals surface area contributed by atoms with Gasteiger partial charge in [-0.3, -0.25) is 10.1 Å². The smallest absolute Gasteiger partial charge is 0.271 e. The Hall–Kier alpha value is -1.62. The first-order valence-electron chi connectivity index (χ1n) is 6.22. The third-order valence-electron chi connectivity index (χ3n) is 3.52. The lowest BCUT2D eigenvalue weighted by atomic mass is 9.98. The average Bonchev–Trinajstić information content (AvgIpc) is 2.39. The summed E-state index contributed by atoms with van der Waals surface area (Å²) in [5, 5.41) is 20.0. The van der Waals surface area contributed by atoms with Crippen molar-refractivity contribution in [2.75, 3.05) is 24.6 Å². The highest BCUT2D eigenvalue weighted by Gasteiger charge is 2.21. The Balaban J connectivity index is 2.26. The third-order valence-corrected chi connectivity index (χ3v) is 3.52. The number of benzene rings is 1. The highest BCUT2D eigenvalue weighted by Crippen LogP contribution is 2.29. The topological polar surface area (TPSA) is 66.6 Å². The Bertz CT molecular complexity index is 448. The van der Waals surface area contributed by atoms with Crippen LogP contribution in [-0.2, 0) is 0 Å². The van der Waals surface area contributed by atoms with E-state index in [0.29, 0.717) is 0 Å². The second-order valence-corrected chi connectivity index (χ2v) is 4.86. The van der Waals surface area contributed by atoms with E-state index in [1.54, 1.807) is 12.1 Å². The van der Waals surface area contributed by atoms with Crippen LogP contribution in [0.5, 0.6) is 0 Å². The van der Waals surface area contributed by atoms with Crippen LogP contribution >= 0.6 is 0 Å². The SMILES string of the molecule is Cc1ccc([N+](=O)[O-])cc1N1CCCC(CO)C1. The van der Waals surface area contributed by atoms with Gasteiger partial charge in [0, 0.05) is 37.5 Å². The minimum absolute atomic E-state index is 0.127. The molecule has 0 amide bonds. The maximum atomic E-state index is 10.8. The van der Waals surface area contributed by atoms with Crippen LogP contribution in [0.25, 0.3) is 0 Å². The highest BCUT2D eigenvalue weighted by molar-refractivity contribution is 5.59. The van der Waals surface area contributed by atoms with Gasteiger partial charge in [-0.25, -0.2) is 0 Å². The number of piperidine rings is 1. The quantitative estimate of drug-likeness (QED) is 0.659. The standard InChI is InChI=1S/C13H18N2O3/c1-10-4-5-12(15(17)18)7-13(10)14-6-2-3-11(8-14)9-16/h4-5,7,11,16H,2-3,6,8-9H2,1H3. The van der Waals surface area contributed by atoms with Crippen LogP contribution in [0, 0.1) is 23.0 Å². The zero-order valence-electron chi connectivity index (χ0n) is 10.5. The fraction of sp³-hybridized carbons (Fsp3) is 0.538. The van der Waals surface area contributed by atoms with E-state index < -0.39 is 0 Å². The third kappa shape index (κ3) is 2.61. The van der Waals surface area contributed by atoms with Crippen LogP contribution in [0.3, 0.4) is 0 Å². The first-order chi connectivity index (χ1) is 8.61. The van der Waals surface area contributed by atoms with Crippen molar-refractivity contribution in [2.24, 2.45) is 5.92 Å². The molecule has 98 valence electrons. The van der Waals surface area contributed by atoms with E-state index in [4.69, 9.17) is 0 Å². The summed E-state index contributed by atoms with van der Waals surface area (Å²) in [4.78, 5) is 12.6. The summed E-state index contributed by atoms with van der Waals surface area (Å²) in [6.45, 7) is 3.82. The normalized spacial score (nSPS) is 19.9. The summed E-state index contributed by atoms with van der Waals surface area (Å²) >= 11 is 0. The average molecular weight is 250 g/mol. The molecule has 2 rings (SSSR count). The molecular weight excluding hydrogens is 232 g/mol. The lowest BCUT2D eigenvalue weighted by Gasteiger charge is -2.34. The van der Waals surface area contributed by atoms with Crippen LogP contribution in [0.2, 0.25) is 0 Å². The van der Waals surface area contributed by atoms with Crippen LogP contribution in [0.4, 0.5) is 11.4 Å². The predicted octanol–water partition coefficient (Wildman–Crippen LogP) is 2.11. The molecule has 1 aromatic rings. The van der Waals surface area contributed by atoms with Crippen molar-refractivity contribution in [3.05, 3.63) is 33.9 Å². The number of nitrogens with zero attached hydrogens (tertiary/aromatic N) is 2. The van der Waals surface area contributed by atoms with E-state index >= 15 is 0 Å². The highest BCUT2D eigenvalue weighted by atomic mass is 16.6. The molecule has 0 aromatic heterocycles. The second kappa shape index (κ2) is 5.35. The Morgan fingerprint density at radius 3 is 3.00 bits per heavy atom. The molecule has 0 radical (unpaired) electrons. The molecule has 1 aliphatic heterocycles. The van der Waals surface area contributed by atoms with Crippen molar-refractivity contribution in [3.8, 4) is 0 Å². The Kier molecular flexibility index (Phi) is 3.81. The van der Waals surface area contributed by atoms with E-state index in [1.165, 1.54) is 6.07 Å². The largest absolute Gasteiger partial charge is 0.396 e. The van der Waals surface area contributed by atoms with Crippen molar-refractivity contribution in [2.45, 2.75) is 19.8 Å². The van der Waals surface area contributed by atoms with Gasteiger partial charge in [0.05, 0.1) is 4.92 Å². The van der Waals surface area contributed by atoms with E-state index in [9.17, 15) is 15.2 Å². The summed E-state index contributed by atoms with van der Waals surface area (Å²) in [7, 11) is 0. The van der Waals surface area contributed by atoms with Gasteiger partial charge < -0.3 is 10.0 Å². The van der Waals surface area contributed by atoms with Crippen LogP contribution in [0.15, 0.2) is 18.2 Å². The van der Waals surface area contributed by atoms with Crippen molar-refractivity contribution < 1.29 is 10.0 Å². The molecule has 1 fully saturated rings. The zero-order valence-corrected chi connectivity index (χ0v) is 10.5. The van der Waals surface area contributed by atoms with Crippen molar-refractivity contribution >= 4 is 11.4 Å². The maximum absolute atomic E-state index is 10.8. The molecule has 5 nitrogen and oxygen atoms in total. The molecule has 1 N–H and O–H groups in total. The molecule has 5 heteroatoms. The minimum Gasteiger partial charge on any atom is -0.396 e. The molecule has 1 atom stereocenters. The number of non-ortho nitro benzene ring substituents is 1. The number of hydrogen-bond acceptors (Lipinski definition) is 4. The molecule has 0 bridgehead atoms. The van der Waals surface area contributed by atoms with Gasteiger partial charge in [-0.1, -0.05) is 6.07 Å². The van der Waals surface area contributed by atoms with E-state index in [-0.39, 0.29) is 23.1 Å². The molecular formula is C13H18N2O3. The lowest BCUT2D eigenvalue weighted by Crippen LogP contribution is -2.37. The first kappa shape index (κ1) is 12.8. The molecule has 1 aliphatic rings. The van der Waals surface area contributed by atoms with E-state index in [1.807, 2.05) is 6.92 Å². The number of aliphatic hydroxyl groups is 1. The molecule has 1 aromatic carbocycles. The van der Waals surface area contributed by atoms with Gasteiger partial charge in [0.2, 0.25) is 0 Å². The summed E-state index contributed by atoms with van der Waals surface area (Å²) in [5.74, 6) is 0.275. The number of rotatable bonds is 3. The summed E-state index contributed by atoms with van der Waals surface area (Å²) in [5.41, 5.74) is 2.09. The first-order valence-corrected chi connectivity index (χ1v) is 6.22. The van der Waals surface area contributed by atoms with Crippen LogP contribution in [-0.4, -0.2) is 29.7 Å². The van der Waals surface area contributed by atoms with E-state index in [0.717, 1.165) is 37.2 Å². The van der Waals surface area contributed by atoms with Crippen molar-refractivity contribution in [1.29, 1.82) is 0 Å². The fourth-order valence-electron chi connectivity index (χ4n) is 2.48. The summed E-state index contributed by atoms with van der Waals surface area (Å²) in [6.07, 6.45) is 2.05. The lowest BCUT2D eigenvalue weighted by molar-refractivity contribution is -0.384. The summed E-state index contributed by atoms with van der Waals surface area (Å²) in [6, 6.07) is 4.96. The molecule has 0 spiro atoms. The fourth-order valence-corrected chi connectivity index (χ4v) is 2.48. The summed E-state index contributed by atoms with van der Waals surface area (Å²) < 4.78 is 0. The Morgan fingerprint density at radius 2 is 2.33 bits per heavy atom. The second-order valence-electron chi connectivity index (χ2n) is 4.86. The van der Waals surface area contributed by atoms with E-state index in [2.05, 4.69) is 4.90 Å². The van der Waals surface area contributed by atoms with Gasteiger partial charge in [0.25, 0.3) is 5.69 Å². The molecule has 1 saturated heterocycles. The number of nitro benzene ring substituents is 1. The van der Waals surface area contributed by atoms with Crippen LogP contribution in [0.1, 0.15) is 18.4 Å². The molecule has 1 heterocycles. The predicted molar refractivity (Wildman–Crippen MR) is 69.9 cm³/mol. The van der Waals surface area contributed by atoms with Crippen LogP contribution < -0.4 is 4.90 Å². The number of nitro groups is 1. The number of hydrogen-bond donors (Lipinski definition) is 1. The minimum atomic E-state index is -0.365. The van der Waals surface area contributed by atoms with Gasteiger partial charge in [0.15, 0.2) is 0 Å². The molecule has 0 aliphatic carbocycles. The van der Waals surface area contributed by atoms with Crippen molar-refractivity contribution in [1.82, 2.24) is 0 Å². The van der Waals surface area contributed by atoms with Gasteiger partial charge in [-0.2, -0.15) is 0 Å².